The second kappa shape index (κ2) is 10.3. The normalized spacial score (nSPS) is 4.86. The van der Waals surface area contributed by atoms with E-state index >= 15 is 0 Å². The van der Waals surface area contributed by atoms with Crippen molar-refractivity contribution in [2.45, 2.75) is 0 Å². The molecule has 0 radical (unpaired) electrons. The molecular weight excluding hydrogens is 155 g/mol. The van der Waals surface area contributed by atoms with Gasteiger partial charge < -0.3 is 1.43 Å². The van der Waals surface area contributed by atoms with Crippen LogP contribution in [-0.4, -0.2) is 0 Å². The Morgan fingerprint density at radius 3 is 1.57 bits per heavy atom. The van der Waals surface area contributed by atoms with Crippen molar-refractivity contribution in [1.82, 2.24) is 0 Å². The summed E-state index contributed by atoms with van der Waals surface area (Å²) < 4.78 is 0. The zero-order chi connectivity index (χ0) is 4.83. The smallest absolute Gasteiger partial charge is 1.00 e. The summed E-state index contributed by atoms with van der Waals surface area (Å²) in [7, 11) is 1.74. The van der Waals surface area contributed by atoms with Gasteiger partial charge in [0.2, 0.25) is 0 Å². The number of hydrogen-bond donors (Lipinski definition) is 0. The predicted molar refractivity (Wildman–Crippen MR) is 27.5 cm³/mol. The molecule has 0 atom stereocenters. The van der Waals surface area contributed by atoms with Gasteiger partial charge in [0.15, 0.2) is 0 Å². The van der Waals surface area contributed by atoms with Gasteiger partial charge in [-0.1, -0.05) is 0 Å². The molecule has 0 aromatic carbocycles. The van der Waals surface area contributed by atoms with Gasteiger partial charge >= 0.3 is 51.4 Å². The number of thiocyanates is 2. The van der Waals surface area contributed by atoms with Gasteiger partial charge in [-0.3, -0.25) is 0 Å². The molecule has 5 heteroatoms. The van der Waals surface area contributed by atoms with Gasteiger partial charge in [0.1, 0.15) is 10.8 Å². The SMILES string of the molecule is N#CSSC#N.[H-].[K+]. The quantitative estimate of drug-likeness (QED) is 0.199. The molecule has 0 bridgehead atoms. The van der Waals surface area contributed by atoms with E-state index in [0.29, 0.717) is 0 Å². The van der Waals surface area contributed by atoms with Gasteiger partial charge in [0, 0.05) is 21.6 Å². The van der Waals surface area contributed by atoms with Crippen LogP contribution in [0.5, 0.6) is 0 Å². The predicted octanol–water partition coefficient (Wildman–Crippen LogP) is -1.55. The number of nitriles is 2. The molecule has 0 saturated carbocycles. The van der Waals surface area contributed by atoms with E-state index in [4.69, 9.17) is 10.5 Å². The van der Waals surface area contributed by atoms with Crippen molar-refractivity contribution in [3.05, 3.63) is 0 Å². The monoisotopic (exact) mass is 156 g/mol. The molecule has 0 saturated heterocycles. The zero-order valence-electron chi connectivity index (χ0n) is 4.71. The molecule has 0 aliphatic carbocycles. The molecule has 7 heavy (non-hydrogen) atoms. The Labute approximate surface area is 93.9 Å². The summed E-state index contributed by atoms with van der Waals surface area (Å²) in [5.41, 5.74) is 0. The molecule has 2 nitrogen and oxygen atoms in total. The first kappa shape index (κ1) is 11.2. The van der Waals surface area contributed by atoms with E-state index in [1.807, 2.05) is 0 Å². The molecule has 0 unspecified atom stereocenters. The van der Waals surface area contributed by atoms with E-state index in [-0.39, 0.29) is 52.8 Å². The van der Waals surface area contributed by atoms with Crippen LogP contribution in [0.25, 0.3) is 0 Å². The summed E-state index contributed by atoms with van der Waals surface area (Å²) in [5, 5.41) is 18.9. The second-order valence-corrected chi connectivity index (χ2v) is 2.05. The minimum Gasteiger partial charge on any atom is -1.00 e. The van der Waals surface area contributed by atoms with Crippen LogP contribution in [0.4, 0.5) is 0 Å². The van der Waals surface area contributed by atoms with Crippen molar-refractivity contribution >= 4 is 21.6 Å². The van der Waals surface area contributed by atoms with Gasteiger partial charge in [0.25, 0.3) is 0 Å². The van der Waals surface area contributed by atoms with Crippen LogP contribution in [0, 0.1) is 21.3 Å². The Kier molecular flexibility index (Phi) is 16.5. The van der Waals surface area contributed by atoms with Crippen molar-refractivity contribution in [3.8, 4) is 10.8 Å². The maximum Gasteiger partial charge on any atom is 1.00 e. The van der Waals surface area contributed by atoms with E-state index in [9.17, 15) is 0 Å². The van der Waals surface area contributed by atoms with Crippen molar-refractivity contribution in [3.63, 3.8) is 0 Å². The minimum atomic E-state index is 0. The summed E-state index contributed by atoms with van der Waals surface area (Å²) in [6, 6.07) is 0. The summed E-state index contributed by atoms with van der Waals surface area (Å²) in [5.74, 6) is 0. The van der Waals surface area contributed by atoms with Crippen molar-refractivity contribution < 1.29 is 52.8 Å². The number of nitrogens with zero attached hydrogens (tertiary/aromatic N) is 2. The average Bonchev–Trinajstić information content (AvgIpc) is 1.61. The molecule has 0 heterocycles. The molecule has 0 aromatic heterocycles. The van der Waals surface area contributed by atoms with E-state index in [1.165, 1.54) is 0 Å². The van der Waals surface area contributed by atoms with Crippen LogP contribution in [-0.2, 0) is 0 Å². The largest absolute Gasteiger partial charge is 1.00 e. The molecule has 0 fully saturated rings. The van der Waals surface area contributed by atoms with E-state index in [2.05, 4.69) is 0 Å². The van der Waals surface area contributed by atoms with Crippen LogP contribution in [0.15, 0.2) is 0 Å². The van der Waals surface area contributed by atoms with Crippen molar-refractivity contribution in [2.24, 2.45) is 0 Å². The van der Waals surface area contributed by atoms with Gasteiger partial charge in [0.05, 0.1) is 0 Å². The van der Waals surface area contributed by atoms with Crippen LogP contribution < -0.4 is 51.4 Å². The zero-order valence-corrected chi connectivity index (χ0v) is 8.47. The van der Waals surface area contributed by atoms with Crippen LogP contribution in [0.3, 0.4) is 0 Å². The molecule has 0 aliphatic heterocycles. The van der Waals surface area contributed by atoms with Gasteiger partial charge in [-0.2, -0.15) is 10.5 Å². The second-order valence-electron chi connectivity index (χ2n) is 0.349. The Morgan fingerprint density at radius 2 is 1.43 bits per heavy atom. The third-order valence-electron chi connectivity index (χ3n) is 0.116. The van der Waals surface area contributed by atoms with Gasteiger partial charge in [-0.05, 0) is 0 Å². The Balaban J connectivity index is -0.000000125. The van der Waals surface area contributed by atoms with E-state index in [1.54, 1.807) is 10.8 Å². The minimum absolute atomic E-state index is 0. The average molecular weight is 156 g/mol. The summed E-state index contributed by atoms with van der Waals surface area (Å²) in [6.45, 7) is 0. The fraction of sp³-hybridized carbons (Fsp3) is 0. The number of hydrogen-bond acceptors (Lipinski definition) is 4. The molecule has 0 aliphatic rings. The third-order valence-corrected chi connectivity index (χ3v) is 1.05. The third kappa shape index (κ3) is 11.1. The molecule has 0 N–H and O–H groups in total. The van der Waals surface area contributed by atoms with E-state index in [0.717, 1.165) is 21.6 Å². The van der Waals surface area contributed by atoms with Crippen molar-refractivity contribution in [2.75, 3.05) is 0 Å². The Bertz CT molecular complexity index is 91.6. The van der Waals surface area contributed by atoms with Gasteiger partial charge in [-0.25, -0.2) is 0 Å². The molecule has 0 spiro atoms. The Hall–Kier alpha value is 1.32. The van der Waals surface area contributed by atoms with Gasteiger partial charge in [-0.15, -0.1) is 0 Å². The fourth-order valence-corrected chi connectivity index (χ4v) is 0.335. The van der Waals surface area contributed by atoms with Crippen LogP contribution >= 0.6 is 21.6 Å². The fourth-order valence-electron chi connectivity index (χ4n) is 0.0373. The topological polar surface area (TPSA) is 47.6 Å². The first-order valence-corrected chi connectivity index (χ1v) is 3.17. The molecule has 0 amide bonds. The maximum atomic E-state index is 7.74. The first-order chi connectivity index (χ1) is 2.91. The molecular formula is C2HKN2S2. The summed E-state index contributed by atoms with van der Waals surface area (Å²) in [6.07, 6.45) is 0. The van der Waals surface area contributed by atoms with Crippen LogP contribution in [0.2, 0.25) is 0 Å². The van der Waals surface area contributed by atoms with E-state index < -0.39 is 0 Å². The maximum absolute atomic E-state index is 7.74. The molecule has 0 rings (SSSR count). The first-order valence-electron chi connectivity index (χ1n) is 1.02. The standard InChI is InChI=1S/C2N2S2.K.H/c3-1-5-6-2-4;;/q;+1;-1. The molecule has 32 valence electrons. The van der Waals surface area contributed by atoms with Crippen LogP contribution in [0.1, 0.15) is 1.43 Å². The summed E-state index contributed by atoms with van der Waals surface area (Å²) in [4.78, 5) is 0. The Morgan fingerprint density at radius 1 is 1.14 bits per heavy atom. The van der Waals surface area contributed by atoms with Crippen molar-refractivity contribution in [1.29, 1.82) is 10.5 Å². The molecule has 0 aromatic rings. The number of rotatable bonds is 1. The summed E-state index contributed by atoms with van der Waals surface area (Å²) >= 11 is 0.